The monoisotopic (exact) mass is 239 g/mol. The van der Waals surface area contributed by atoms with Crippen molar-refractivity contribution in [2.24, 2.45) is 5.73 Å². The van der Waals surface area contributed by atoms with Gasteiger partial charge in [-0.15, -0.1) is 5.10 Å². The van der Waals surface area contributed by atoms with Gasteiger partial charge in [-0.3, -0.25) is 0 Å². The Morgan fingerprint density at radius 1 is 1.56 bits per heavy atom. The summed E-state index contributed by atoms with van der Waals surface area (Å²) in [5.74, 6) is 0.661. The molecule has 0 unspecified atom stereocenters. The molecule has 0 fully saturated rings. The van der Waals surface area contributed by atoms with Gasteiger partial charge in [-0.25, -0.2) is 0 Å². The summed E-state index contributed by atoms with van der Waals surface area (Å²) in [6.07, 6.45) is 2.61. The second-order valence-corrected chi connectivity index (χ2v) is 4.18. The molecule has 16 heavy (non-hydrogen) atoms. The molecule has 88 valence electrons. The summed E-state index contributed by atoms with van der Waals surface area (Å²) in [5, 5.41) is 11.0. The second-order valence-electron chi connectivity index (χ2n) is 3.74. The summed E-state index contributed by atoms with van der Waals surface area (Å²) in [4.78, 5) is 2.47. The molecule has 0 radical (unpaired) electrons. The fourth-order valence-corrected chi connectivity index (χ4v) is 1.43. The van der Waals surface area contributed by atoms with Gasteiger partial charge in [0.2, 0.25) is 0 Å². The molecule has 1 aromatic rings. The van der Waals surface area contributed by atoms with Crippen LogP contribution in [0.1, 0.15) is 12.0 Å². The van der Waals surface area contributed by atoms with Crippen molar-refractivity contribution < 1.29 is 0 Å². The van der Waals surface area contributed by atoms with Crippen molar-refractivity contribution in [3.63, 3.8) is 0 Å². The van der Waals surface area contributed by atoms with E-state index in [2.05, 4.69) is 20.4 Å². The highest BCUT2D eigenvalue weighted by Crippen LogP contribution is 2.09. The molecule has 0 saturated carbocycles. The van der Waals surface area contributed by atoms with Crippen molar-refractivity contribution >= 4 is 23.0 Å². The fourth-order valence-electron chi connectivity index (χ4n) is 1.26. The van der Waals surface area contributed by atoms with Crippen molar-refractivity contribution in [2.45, 2.75) is 6.42 Å². The average molecular weight is 239 g/mol. The van der Waals surface area contributed by atoms with E-state index < -0.39 is 0 Å². The van der Waals surface area contributed by atoms with Crippen LogP contribution in [-0.2, 0) is 0 Å². The van der Waals surface area contributed by atoms with E-state index in [0.29, 0.717) is 10.8 Å². The van der Waals surface area contributed by atoms with E-state index in [4.69, 9.17) is 18.0 Å². The third-order valence-electron chi connectivity index (χ3n) is 2.06. The number of thiocarbonyl (C=S) groups is 1. The van der Waals surface area contributed by atoms with Crippen molar-refractivity contribution in [2.75, 3.05) is 32.5 Å². The van der Waals surface area contributed by atoms with Crippen molar-refractivity contribution in [3.8, 4) is 0 Å². The minimum atomic E-state index is 0.338. The Morgan fingerprint density at radius 3 is 2.94 bits per heavy atom. The number of rotatable bonds is 6. The van der Waals surface area contributed by atoms with Gasteiger partial charge < -0.3 is 16.0 Å². The van der Waals surface area contributed by atoms with E-state index in [0.717, 1.165) is 25.1 Å². The molecular formula is C10H17N5S. The molecule has 0 spiro atoms. The third-order valence-corrected chi connectivity index (χ3v) is 2.28. The van der Waals surface area contributed by atoms with Crippen LogP contribution >= 0.6 is 12.2 Å². The highest BCUT2D eigenvalue weighted by molar-refractivity contribution is 7.80. The minimum Gasteiger partial charge on any atom is -0.389 e. The zero-order valence-corrected chi connectivity index (χ0v) is 10.4. The van der Waals surface area contributed by atoms with E-state index in [9.17, 15) is 0 Å². The van der Waals surface area contributed by atoms with Gasteiger partial charge >= 0.3 is 0 Å². The Labute approximate surface area is 101 Å². The van der Waals surface area contributed by atoms with E-state index in [1.165, 1.54) is 0 Å². The molecule has 0 saturated heterocycles. The fraction of sp³-hybridized carbons (Fsp3) is 0.500. The van der Waals surface area contributed by atoms with Crippen LogP contribution in [0.2, 0.25) is 0 Å². The number of nitrogens with one attached hydrogen (secondary N) is 1. The number of anilines is 1. The molecule has 3 N–H and O–H groups in total. The molecule has 1 rings (SSSR count). The van der Waals surface area contributed by atoms with E-state index in [1.807, 2.05) is 14.1 Å². The smallest absolute Gasteiger partial charge is 0.158 e. The first-order chi connectivity index (χ1) is 7.61. The van der Waals surface area contributed by atoms with Crippen LogP contribution < -0.4 is 11.1 Å². The van der Waals surface area contributed by atoms with Gasteiger partial charge in [0.25, 0.3) is 0 Å². The summed E-state index contributed by atoms with van der Waals surface area (Å²) < 4.78 is 0. The van der Waals surface area contributed by atoms with Gasteiger partial charge in [-0.05, 0) is 33.1 Å². The predicted octanol–water partition coefficient (Wildman–Crippen LogP) is 0.474. The third kappa shape index (κ3) is 4.08. The SMILES string of the molecule is CN(C)CCCNc1nnccc1C(N)=S. The standard InChI is InChI=1S/C10H17N5S/c1-15(2)7-3-5-12-10-8(9(11)16)4-6-13-14-10/h4,6H,3,5,7H2,1-2H3,(H2,11,16)(H,12,14). The highest BCUT2D eigenvalue weighted by Gasteiger charge is 2.05. The molecular weight excluding hydrogens is 222 g/mol. The molecule has 5 nitrogen and oxygen atoms in total. The Hall–Kier alpha value is -1.27. The van der Waals surface area contributed by atoms with Crippen LogP contribution in [0.5, 0.6) is 0 Å². The van der Waals surface area contributed by atoms with Crippen LogP contribution in [0.25, 0.3) is 0 Å². The topological polar surface area (TPSA) is 67.1 Å². The van der Waals surface area contributed by atoms with Crippen LogP contribution in [-0.4, -0.2) is 47.3 Å². The van der Waals surface area contributed by atoms with Gasteiger partial charge in [-0.1, -0.05) is 12.2 Å². The lowest BCUT2D eigenvalue weighted by Crippen LogP contribution is -2.19. The van der Waals surface area contributed by atoms with Crippen LogP contribution in [0.3, 0.4) is 0 Å². The molecule has 0 aliphatic rings. The summed E-state index contributed by atoms with van der Waals surface area (Å²) in [5.41, 5.74) is 6.33. The Bertz CT molecular complexity index is 353. The maximum absolute atomic E-state index is 5.58. The van der Waals surface area contributed by atoms with Gasteiger partial charge in [-0.2, -0.15) is 5.10 Å². The summed E-state index contributed by atoms with van der Waals surface area (Å²) in [6, 6.07) is 1.77. The maximum Gasteiger partial charge on any atom is 0.158 e. The largest absolute Gasteiger partial charge is 0.389 e. The summed E-state index contributed by atoms with van der Waals surface area (Å²) in [7, 11) is 4.09. The predicted molar refractivity (Wildman–Crippen MR) is 69.6 cm³/mol. The highest BCUT2D eigenvalue weighted by atomic mass is 32.1. The second kappa shape index (κ2) is 6.34. The maximum atomic E-state index is 5.58. The quantitative estimate of drug-likeness (QED) is 0.556. The Balaban J connectivity index is 2.50. The molecule has 0 atom stereocenters. The summed E-state index contributed by atoms with van der Waals surface area (Å²) in [6.45, 7) is 1.85. The number of aromatic nitrogens is 2. The van der Waals surface area contributed by atoms with Gasteiger partial charge in [0.1, 0.15) is 4.99 Å². The number of hydrogen-bond acceptors (Lipinski definition) is 5. The van der Waals surface area contributed by atoms with Crippen molar-refractivity contribution in [1.82, 2.24) is 15.1 Å². The van der Waals surface area contributed by atoms with E-state index in [-0.39, 0.29) is 0 Å². The number of nitrogens with zero attached hydrogens (tertiary/aromatic N) is 3. The zero-order valence-electron chi connectivity index (χ0n) is 9.60. The van der Waals surface area contributed by atoms with E-state index >= 15 is 0 Å². The minimum absolute atomic E-state index is 0.338. The lowest BCUT2D eigenvalue weighted by atomic mass is 10.3. The van der Waals surface area contributed by atoms with Gasteiger partial charge in [0.05, 0.1) is 11.8 Å². The first kappa shape index (κ1) is 12.8. The molecule has 1 aromatic heterocycles. The number of hydrogen-bond donors (Lipinski definition) is 2. The first-order valence-corrected chi connectivity index (χ1v) is 5.52. The number of nitrogens with two attached hydrogens (primary N) is 1. The Morgan fingerprint density at radius 2 is 2.31 bits per heavy atom. The molecule has 6 heteroatoms. The Kier molecular flexibility index (Phi) is 5.07. The molecule has 1 heterocycles. The zero-order chi connectivity index (χ0) is 12.0. The molecule has 0 aliphatic heterocycles. The van der Waals surface area contributed by atoms with Gasteiger partial charge in [0.15, 0.2) is 5.82 Å². The molecule has 0 bridgehead atoms. The van der Waals surface area contributed by atoms with E-state index in [1.54, 1.807) is 12.3 Å². The molecule has 0 amide bonds. The lowest BCUT2D eigenvalue weighted by Gasteiger charge is -2.11. The van der Waals surface area contributed by atoms with Crippen molar-refractivity contribution in [1.29, 1.82) is 0 Å². The summed E-state index contributed by atoms with van der Waals surface area (Å²) >= 11 is 4.93. The average Bonchev–Trinajstić information content (AvgIpc) is 2.24. The normalized spacial score (nSPS) is 10.4. The van der Waals surface area contributed by atoms with Crippen LogP contribution in [0.15, 0.2) is 12.3 Å². The van der Waals surface area contributed by atoms with Gasteiger partial charge in [0, 0.05) is 6.54 Å². The first-order valence-electron chi connectivity index (χ1n) is 5.11. The van der Waals surface area contributed by atoms with Crippen molar-refractivity contribution in [3.05, 3.63) is 17.8 Å². The molecule has 0 aromatic carbocycles. The van der Waals surface area contributed by atoms with Crippen LogP contribution in [0.4, 0.5) is 5.82 Å². The van der Waals surface area contributed by atoms with Crippen LogP contribution in [0, 0.1) is 0 Å². The molecule has 0 aliphatic carbocycles. The lowest BCUT2D eigenvalue weighted by molar-refractivity contribution is 0.405.